The van der Waals surface area contributed by atoms with E-state index in [0.29, 0.717) is 18.8 Å². The molecule has 0 saturated carbocycles. The summed E-state index contributed by atoms with van der Waals surface area (Å²) in [5, 5.41) is 51.9. The van der Waals surface area contributed by atoms with Crippen molar-refractivity contribution >= 4 is 28.8 Å². The number of hydrogen-bond donors (Lipinski definition) is 5. The number of hydrogen-bond acceptors (Lipinski definition) is 11. The highest BCUT2D eigenvalue weighted by Crippen LogP contribution is 2.33. The maximum Gasteiger partial charge on any atom is 0.187 e. The Hall–Kier alpha value is 0.0800. The van der Waals surface area contributed by atoms with Crippen molar-refractivity contribution in [2.45, 2.75) is 95.3 Å². The lowest BCUT2D eigenvalue weighted by molar-refractivity contribution is -0.351. The molecular formula is C21H38O9S2. The van der Waals surface area contributed by atoms with Gasteiger partial charge in [-0.2, -0.15) is 11.8 Å². The predicted octanol–water partition coefficient (Wildman–Crippen LogP) is 0.223. The van der Waals surface area contributed by atoms with Crippen molar-refractivity contribution < 1.29 is 44.5 Å². The summed E-state index contributed by atoms with van der Waals surface area (Å²) in [6.45, 7) is 5.44. The van der Waals surface area contributed by atoms with Gasteiger partial charge in [-0.1, -0.05) is 19.1 Å². The summed E-state index contributed by atoms with van der Waals surface area (Å²) in [5.41, 5.74) is 0. The molecule has 32 heavy (non-hydrogen) atoms. The van der Waals surface area contributed by atoms with Gasteiger partial charge in [0.2, 0.25) is 0 Å². The van der Waals surface area contributed by atoms with Crippen LogP contribution in [0.15, 0.2) is 0 Å². The van der Waals surface area contributed by atoms with Gasteiger partial charge in [0, 0.05) is 18.3 Å². The maximum atomic E-state index is 10.8. The molecule has 5 N–H and O–H groups in total. The Balaban J connectivity index is 2.10. The van der Waals surface area contributed by atoms with Crippen LogP contribution in [0.2, 0.25) is 0 Å². The lowest BCUT2D eigenvalue weighted by atomic mass is 9.87. The molecule has 0 aromatic rings. The van der Waals surface area contributed by atoms with Gasteiger partial charge in [-0.25, -0.2) is 0 Å². The predicted molar refractivity (Wildman–Crippen MR) is 124 cm³/mol. The van der Waals surface area contributed by atoms with Crippen LogP contribution in [0.5, 0.6) is 0 Å². The lowest BCUT2D eigenvalue weighted by Gasteiger charge is -2.47. The van der Waals surface area contributed by atoms with E-state index in [2.05, 4.69) is 0 Å². The van der Waals surface area contributed by atoms with Crippen LogP contribution < -0.4 is 0 Å². The number of aliphatic hydroxyl groups excluding tert-OH is 5. The molecule has 9 nitrogen and oxygen atoms in total. The van der Waals surface area contributed by atoms with Gasteiger partial charge in [0.25, 0.3) is 0 Å². The summed E-state index contributed by atoms with van der Waals surface area (Å²) >= 11 is 6.70. The minimum absolute atomic E-state index is 0.293. The first-order chi connectivity index (χ1) is 15.2. The highest BCUT2D eigenvalue weighted by atomic mass is 32.2. The quantitative estimate of drug-likeness (QED) is 0.187. The molecule has 0 aromatic carbocycles. The Morgan fingerprint density at radius 3 is 2.22 bits per heavy atom. The zero-order chi connectivity index (χ0) is 23.8. The smallest absolute Gasteiger partial charge is 0.187 e. The molecule has 2 fully saturated rings. The molecule has 2 rings (SSSR count). The van der Waals surface area contributed by atoms with Gasteiger partial charge >= 0.3 is 0 Å². The van der Waals surface area contributed by atoms with E-state index in [4.69, 9.17) is 31.2 Å². The van der Waals surface area contributed by atoms with Crippen LogP contribution in [0.3, 0.4) is 0 Å². The molecule has 11 heteroatoms. The molecule has 0 amide bonds. The Labute approximate surface area is 199 Å². The van der Waals surface area contributed by atoms with Crippen molar-refractivity contribution in [2.75, 3.05) is 24.7 Å². The molecule has 2 saturated heterocycles. The molecule has 10 atom stereocenters. The zero-order valence-corrected chi connectivity index (χ0v) is 20.5. The van der Waals surface area contributed by atoms with E-state index in [1.807, 2.05) is 13.8 Å². The number of rotatable bonds is 12. The fourth-order valence-electron chi connectivity index (χ4n) is 4.07. The van der Waals surface area contributed by atoms with Gasteiger partial charge in [0.1, 0.15) is 24.4 Å². The summed E-state index contributed by atoms with van der Waals surface area (Å²) in [6, 6.07) is 0. The number of aliphatic hydroxyl groups is 5. The molecule has 6 unspecified atom stereocenters. The van der Waals surface area contributed by atoms with Crippen LogP contribution in [-0.4, -0.2) is 110 Å². The summed E-state index contributed by atoms with van der Waals surface area (Å²) in [5.74, 6) is 0.817. The van der Waals surface area contributed by atoms with Crippen LogP contribution in [0.1, 0.15) is 40.0 Å². The van der Waals surface area contributed by atoms with Crippen LogP contribution in [-0.2, 0) is 18.9 Å². The van der Waals surface area contributed by atoms with Gasteiger partial charge < -0.3 is 44.5 Å². The minimum Gasteiger partial charge on any atom is -0.394 e. The average Bonchev–Trinajstić information content (AvgIpc) is 2.76. The van der Waals surface area contributed by atoms with Crippen molar-refractivity contribution in [3.8, 4) is 0 Å². The third-order valence-electron chi connectivity index (χ3n) is 5.87. The first kappa shape index (κ1) is 28.3. The second-order valence-electron chi connectivity index (χ2n) is 8.24. The number of thiocarbonyl (C=S) groups is 1. The summed E-state index contributed by atoms with van der Waals surface area (Å²) in [7, 11) is 0. The van der Waals surface area contributed by atoms with Crippen molar-refractivity contribution in [1.82, 2.24) is 0 Å². The maximum absolute atomic E-state index is 10.8. The fraction of sp³-hybridized carbons (Fsp3) is 0.952. The van der Waals surface area contributed by atoms with Crippen molar-refractivity contribution in [3.05, 3.63) is 0 Å². The van der Waals surface area contributed by atoms with Gasteiger partial charge in [-0.15, -0.1) is 0 Å². The number of thioether (sulfide) groups is 1. The van der Waals surface area contributed by atoms with Crippen LogP contribution in [0.25, 0.3) is 0 Å². The average molecular weight is 499 g/mol. The molecule has 0 aromatic heterocycles. The largest absolute Gasteiger partial charge is 0.394 e. The summed E-state index contributed by atoms with van der Waals surface area (Å²) in [4.78, 5) is 0.946. The summed E-state index contributed by atoms with van der Waals surface area (Å²) in [6.07, 6.45) is -7.74. The molecule has 0 radical (unpaired) electrons. The third kappa shape index (κ3) is 7.29. The molecule has 0 bridgehead atoms. The minimum atomic E-state index is -1.38. The Morgan fingerprint density at radius 2 is 1.62 bits per heavy atom. The van der Waals surface area contributed by atoms with E-state index in [1.165, 1.54) is 0 Å². The van der Waals surface area contributed by atoms with Gasteiger partial charge in [0.05, 0.1) is 24.9 Å². The summed E-state index contributed by atoms with van der Waals surface area (Å²) < 4.78 is 22.9. The molecule has 2 heterocycles. The first-order valence-electron chi connectivity index (χ1n) is 11.2. The van der Waals surface area contributed by atoms with Crippen molar-refractivity contribution in [1.29, 1.82) is 0 Å². The topological polar surface area (TPSA) is 138 Å². The Kier molecular flexibility index (Phi) is 12.2. The van der Waals surface area contributed by atoms with E-state index in [1.54, 1.807) is 18.7 Å². The highest BCUT2D eigenvalue weighted by Gasteiger charge is 2.50. The molecule has 2 aliphatic rings. The zero-order valence-electron chi connectivity index (χ0n) is 18.9. The van der Waals surface area contributed by atoms with Crippen LogP contribution >= 0.6 is 24.0 Å². The Morgan fingerprint density at radius 1 is 0.969 bits per heavy atom. The first-order valence-corrected chi connectivity index (χ1v) is 12.8. The van der Waals surface area contributed by atoms with Gasteiger partial charge in [-0.05, 0) is 43.7 Å². The normalized spacial score (nSPS) is 40.4. The molecule has 2 aliphatic heterocycles. The molecular weight excluding hydrogens is 460 g/mol. The molecule has 0 aliphatic carbocycles. The van der Waals surface area contributed by atoms with Gasteiger partial charge in [0.15, 0.2) is 12.6 Å². The molecule has 188 valence electrons. The third-order valence-corrected chi connectivity index (χ3v) is 7.21. The van der Waals surface area contributed by atoms with Crippen molar-refractivity contribution in [2.24, 2.45) is 5.92 Å². The van der Waals surface area contributed by atoms with Gasteiger partial charge in [-0.3, -0.25) is 0 Å². The molecule has 0 spiro atoms. The van der Waals surface area contributed by atoms with E-state index < -0.39 is 61.2 Å². The second-order valence-corrected chi connectivity index (χ2v) is 10.1. The number of ether oxygens (including phenoxy) is 4. The van der Waals surface area contributed by atoms with E-state index in [9.17, 15) is 25.5 Å². The Bertz CT molecular complexity index is 567. The van der Waals surface area contributed by atoms with Crippen molar-refractivity contribution in [3.63, 3.8) is 0 Å². The second kappa shape index (κ2) is 13.8. The SMILES string of the molecule is CCO[C@H]1OC(CSCCCC(C)=S)C(O[C@H]2OC(CO)C(CC)[C@H](O)C2O)[C@H](O)C1O. The standard InChI is InChI=1S/C21H38O9S2/c1-4-12-13(9-22)28-21(17(25)15(12)23)30-19-14(10-32-8-6-7-11(3)31)29-20(27-5-2)18(26)16(19)24/h12-26H,4-10H2,1-3H3/t12?,13?,14?,15-,16+,17?,18?,19?,20-,21+/m0/s1. The van der Waals surface area contributed by atoms with Crippen LogP contribution in [0, 0.1) is 5.92 Å². The van der Waals surface area contributed by atoms with E-state index >= 15 is 0 Å². The highest BCUT2D eigenvalue weighted by molar-refractivity contribution is 7.99. The van der Waals surface area contributed by atoms with E-state index in [0.717, 1.165) is 23.5 Å². The van der Waals surface area contributed by atoms with Crippen LogP contribution in [0.4, 0.5) is 0 Å². The fourth-order valence-corrected chi connectivity index (χ4v) is 5.23. The lowest BCUT2D eigenvalue weighted by Crippen LogP contribution is -2.63. The van der Waals surface area contributed by atoms with E-state index in [-0.39, 0.29) is 6.61 Å². The monoisotopic (exact) mass is 498 g/mol.